The van der Waals surface area contributed by atoms with Crippen LogP contribution in [0.3, 0.4) is 0 Å². The second-order valence-corrected chi connectivity index (χ2v) is 2.89. The van der Waals surface area contributed by atoms with Gasteiger partial charge < -0.3 is 10.6 Å². The number of rotatable bonds is 2. The lowest BCUT2D eigenvalue weighted by atomic mass is 10.1. The summed E-state index contributed by atoms with van der Waals surface area (Å²) in [6, 6.07) is 0. The maximum absolute atomic E-state index is 11.4. The molecule has 0 saturated carbocycles. The van der Waals surface area contributed by atoms with Gasteiger partial charge in [-0.1, -0.05) is 13.2 Å². The molecule has 0 aromatic rings. The highest BCUT2D eigenvalue weighted by molar-refractivity contribution is 6.20. The van der Waals surface area contributed by atoms with E-state index in [4.69, 9.17) is 0 Å². The minimum absolute atomic E-state index is 0.289. The lowest BCUT2D eigenvalue weighted by Gasteiger charge is -1.98. The molecule has 4 heteroatoms. The van der Waals surface area contributed by atoms with Crippen LogP contribution in [-0.4, -0.2) is 11.8 Å². The molecule has 0 spiro atoms. The number of fused-ring (bicyclic) bond motifs is 1. The van der Waals surface area contributed by atoms with Gasteiger partial charge in [-0.3, -0.25) is 9.59 Å². The minimum atomic E-state index is -0.289. The smallest absolute Gasteiger partial charge is 0.258 e. The summed E-state index contributed by atoms with van der Waals surface area (Å²) >= 11 is 0. The standard InChI is InChI=1S/C10H8N2O2/c1-3-5-7-8(10(14)11-5)6(4-2)12-9(7)13/h3-4H,1-2H2,(H,11,14)(H,12,13). The van der Waals surface area contributed by atoms with E-state index in [0.717, 1.165) is 0 Å². The summed E-state index contributed by atoms with van der Waals surface area (Å²) in [6.45, 7) is 7.04. The summed E-state index contributed by atoms with van der Waals surface area (Å²) in [6.07, 6.45) is 2.90. The Morgan fingerprint density at radius 2 is 1.21 bits per heavy atom. The Labute approximate surface area is 80.7 Å². The molecule has 0 aromatic heterocycles. The molecule has 0 radical (unpaired) electrons. The summed E-state index contributed by atoms with van der Waals surface area (Å²) < 4.78 is 0. The average molecular weight is 188 g/mol. The van der Waals surface area contributed by atoms with E-state index in [2.05, 4.69) is 23.8 Å². The van der Waals surface area contributed by atoms with Gasteiger partial charge in [0.05, 0.1) is 22.5 Å². The zero-order valence-electron chi connectivity index (χ0n) is 7.39. The Hall–Kier alpha value is -2.10. The molecule has 70 valence electrons. The molecule has 14 heavy (non-hydrogen) atoms. The number of allylic oxidation sites excluding steroid dienone is 2. The van der Waals surface area contributed by atoms with Gasteiger partial charge in [-0.15, -0.1) is 0 Å². The highest BCUT2D eigenvalue weighted by Gasteiger charge is 2.37. The third kappa shape index (κ3) is 0.877. The maximum Gasteiger partial charge on any atom is 0.258 e. The van der Waals surface area contributed by atoms with Crippen LogP contribution in [0.2, 0.25) is 0 Å². The summed E-state index contributed by atoms with van der Waals surface area (Å²) in [5, 5.41) is 5.11. The van der Waals surface area contributed by atoms with E-state index in [9.17, 15) is 9.59 Å². The first-order valence-corrected chi connectivity index (χ1v) is 4.05. The molecule has 0 atom stereocenters. The second kappa shape index (κ2) is 2.70. The highest BCUT2D eigenvalue weighted by atomic mass is 16.2. The lowest BCUT2D eigenvalue weighted by Crippen LogP contribution is -2.20. The number of nitrogens with one attached hydrogen (secondary N) is 2. The molecule has 0 aromatic carbocycles. The Bertz CT molecular complexity index is 399. The number of hydrogen-bond acceptors (Lipinski definition) is 2. The molecular formula is C10H8N2O2. The van der Waals surface area contributed by atoms with Gasteiger partial charge in [0.25, 0.3) is 11.8 Å². The van der Waals surface area contributed by atoms with Gasteiger partial charge in [-0.2, -0.15) is 0 Å². The summed E-state index contributed by atoms with van der Waals surface area (Å²) in [5.74, 6) is -0.577. The molecule has 2 heterocycles. The van der Waals surface area contributed by atoms with E-state index < -0.39 is 0 Å². The fraction of sp³-hybridized carbons (Fsp3) is 0. The normalized spacial score (nSPS) is 19.4. The first-order chi connectivity index (χ1) is 6.69. The molecule has 0 fully saturated rings. The highest BCUT2D eigenvalue weighted by Crippen LogP contribution is 2.29. The third-order valence-corrected chi connectivity index (χ3v) is 2.15. The van der Waals surface area contributed by atoms with Gasteiger partial charge in [0.2, 0.25) is 0 Å². The Morgan fingerprint density at radius 3 is 1.50 bits per heavy atom. The van der Waals surface area contributed by atoms with Crippen LogP contribution in [0.25, 0.3) is 0 Å². The van der Waals surface area contributed by atoms with Gasteiger partial charge in [0.1, 0.15) is 0 Å². The van der Waals surface area contributed by atoms with E-state index >= 15 is 0 Å². The minimum Gasteiger partial charge on any atom is -0.321 e. The fourth-order valence-corrected chi connectivity index (χ4v) is 1.54. The van der Waals surface area contributed by atoms with Crippen LogP contribution in [0.15, 0.2) is 47.9 Å². The number of carbonyl (C=O) groups is 2. The molecule has 2 aliphatic heterocycles. The van der Waals surface area contributed by atoms with E-state index in [1.807, 2.05) is 0 Å². The molecule has 0 unspecified atom stereocenters. The van der Waals surface area contributed by atoms with Crippen molar-refractivity contribution in [2.45, 2.75) is 0 Å². The van der Waals surface area contributed by atoms with E-state index in [0.29, 0.717) is 22.5 Å². The summed E-state index contributed by atoms with van der Waals surface area (Å²) in [5.41, 5.74) is 1.64. The molecule has 0 saturated heterocycles. The van der Waals surface area contributed by atoms with Crippen molar-refractivity contribution in [3.63, 3.8) is 0 Å². The van der Waals surface area contributed by atoms with Gasteiger partial charge in [0.15, 0.2) is 0 Å². The van der Waals surface area contributed by atoms with Crippen molar-refractivity contribution >= 4 is 11.8 Å². The maximum atomic E-state index is 11.4. The van der Waals surface area contributed by atoms with Crippen molar-refractivity contribution in [3.8, 4) is 0 Å². The van der Waals surface area contributed by atoms with Gasteiger partial charge in [0, 0.05) is 0 Å². The van der Waals surface area contributed by atoms with Crippen LogP contribution >= 0.6 is 0 Å². The zero-order valence-corrected chi connectivity index (χ0v) is 7.39. The van der Waals surface area contributed by atoms with Crippen LogP contribution in [-0.2, 0) is 9.59 Å². The van der Waals surface area contributed by atoms with Crippen LogP contribution < -0.4 is 10.6 Å². The summed E-state index contributed by atoms with van der Waals surface area (Å²) in [7, 11) is 0. The number of carbonyl (C=O) groups excluding carboxylic acids is 2. The lowest BCUT2D eigenvalue weighted by molar-refractivity contribution is -0.117. The quantitative estimate of drug-likeness (QED) is 0.647. The fourth-order valence-electron chi connectivity index (χ4n) is 1.54. The van der Waals surface area contributed by atoms with Crippen LogP contribution in [0.4, 0.5) is 0 Å². The van der Waals surface area contributed by atoms with Crippen molar-refractivity contribution in [1.29, 1.82) is 0 Å². The van der Waals surface area contributed by atoms with Crippen molar-refractivity contribution in [2.75, 3.05) is 0 Å². The predicted molar refractivity (Wildman–Crippen MR) is 50.7 cm³/mol. The topological polar surface area (TPSA) is 58.2 Å². The molecule has 2 aliphatic rings. The first kappa shape index (κ1) is 8.50. The molecule has 4 nitrogen and oxygen atoms in total. The van der Waals surface area contributed by atoms with Crippen LogP contribution in [0.5, 0.6) is 0 Å². The zero-order chi connectivity index (χ0) is 10.3. The Morgan fingerprint density at radius 1 is 0.857 bits per heavy atom. The monoisotopic (exact) mass is 188 g/mol. The van der Waals surface area contributed by atoms with Gasteiger partial charge >= 0.3 is 0 Å². The summed E-state index contributed by atoms with van der Waals surface area (Å²) in [4.78, 5) is 22.9. The SMILES string of the molecule is C=CC1=C2C(=O)NC(C=C)=C2C(=O)N1. The van der Waals surface area contributed by atoms with E-state index in [-0.39, 0.29) is 11.8 Å². The van der Waals surface area contributed by atoms with E-state index in [1.54, 1.807) is 0 Å². The van der Waals surface area contributed by atoms with Crippen molar-refractivity contribution in [2.24, 2.45) is 0 Å². The van der Waals surface area contributed by atoms with Gasteiger partial charge in [-0.05, 0) is 12.2 Å². The number of hydrogen-bond donors (Lipinski definition) is 2. The predicted octanol–water partition coefficient (Wildman–Crippen LogP) is 0.126. The third-order valence-electron chi connectivity index (χ3n) is 2.15. The average Bonchev–Trinajstić information content (AvgIpc) is 2.67. The molecule has 2 N–H and O–H groups in total. The second-order valence-electron chi connectivity index (χ2n) is 2.89. The van der Waals surface area contributed by atoms with E-state index in [1.165, 1.54) is 12.2 Å². The Kier molecular flexibility index (Phi) is 1.64. The molecule has 0 aliphatic carbocycles. The van der Waals surface area contributed by atoms with Crippen LogP contribution in [0.1, 0.15) is 0 Å². The molecule has 0 bridgehead atoms. The van der Waals surface area contributed by atoms with Gasteiger partial charge in [-0.25, -0.2) is 0 Å². The Balaban J connectivity index is 2.67. The van der Waals surface area contributed by atoms with Crippen LogP contribution in [0, 0.1) is 0 Å². The molecule has 2 rings (SSSR count). The van der Waals surface area contributed by atoms with Crippen molar-refractivity contribution in [1.82, 2.24) is 10.6 Å². The van der Waals surface area contributed by atoms with Crippen molar-refractivity contribution < 1.29 is 9.59 Å². The largest absolute Gasteiger partial charge is 0.321 e. The molecular weight excluding hydrogens is 180 g/mol. The first-order valence-electron chi connectivity index (χ1n) is 4.05. The number of amides is 2. The van der Waals surface area contributed by atoms with Crippen molar-refractivity contribution in [3.05, 3.63) is 47.9 Å². The molecule has 2 amide bonds.